The van der Waals surface area contributed by atoms with Gasteiger partial charge in [0.1, 0.15) is 5.75 Å². The van der Waals surface area contributed by atoms with E-state index in [2.05, 4.69) is 10.2 Å². The smallest absolute Gasteiger partial charge is 0.406 e. The van der Waals surface area contributed by atoms with Crippen molar-refractivity contribution in [2.75, 3.05) is 5.43 Å². The predicted octanol–water partition coefficient (Wildman–Crippen LogP) is 3.13. The lowest BCUT2D eigenvalue weighted by Crippen LogP contribution is -2.17. The molecule has 1 aromatic heterocycles. The normalized spacial score (nSPS) is 11.3. The highest BCUT2D eigenvalue weighted by atomic mass is 19.4. The molecule has 2 rings (SSSR count). The number of nitrogens with zero attached hydrogens (tertiary/aromatic N) is 1. The van der Waals surface area contributed by atoms with Crippen molar-refractivity contribution in [3.63, 3.8) is 0 Å². The maximum absolute atomic E-state index is 11.9. The van der Waals surface area contributed by atoms with Crippen molar-refractivity contribution in [1.82, 2.24) is 4.68 Å². The van der Waals surface area contributed by atoms with Gasteiger partial charge in [-0.1, -0.05) is 12.1 Å². The number of ether oxygens (including phenoxy) is 1. The number of alkyl halides is 3. The number of rotatable bonds is 4. The molecule has 1 N–H and O–H groups in total. The highest BCUT2D eigenvalue weighted by molar-refractivity contribution is 5.27. The fourth-order valence-electron chi connectivity index (χ4n) is 1.43. The maximum atomic E-state index is 11.9. The summed E-state index contributed by atoms with van der Waals surface area (Å²) in [5.41, 5.74) is 3.92. The molecule has 0 fully saturated rings. The van der Waals surface area contributed by atoms with Crippen molar-refractivity contribution >= 4 is 0 Å². The molecule has 0 aliphatic carbocycles. The summed E-state index contributed by atoms with van der Waals surface area (Å²) < 4.78 is 41.4. The molecule has 0 bridgehead atoms. The van der Waals surface area contributed by atoms with Gasteiger partial charge in [0, 0.05) is 12.4 Å². The molecule has 96 valence electrons. The van der Waals surface area contributed by atoms with Gasteiger partial charge < -0.3 is 10.2 Å². The van der Waals surface area contributed by atoms with Crippen molar-refractivity contribution in [3.05, 3.63) is 54.4 Å². The average molecular weight is 256 g/mol. The first-order chi connectivity index (χ1) is 8.53. The summed E-state index contributed by atoms with van der Waals surface area (Å²) in [6.45, 7) is 0.515. The van der Waals surface area contributed by atoms with Crippen LogP contribution in [0.2, 0.25) is 0 Å². The summed E-state index contributed by atoms with van der Waals surface area (Å²) in [5.74, 6) is -0.216. The number of halogens is 3. The molecule has 0 saturated carbocycles. The van der Waals surface area contributed by atoms with Gasteiger partial charge in [-0.05, 0) is 29.8 Å². The molecule has 0 unspecified atom stereocenters. The molecule has 1 heterocycles. The number of hydrogen-bond donors (Lipinski definition) is 1. The summed E-state index contributed by atoms with van der Waals surface area (Å²) in [6, 6.07) is 9.48. The molecule has 18 heavy (non-hydrogen) atoms. The zero-order valence-electron chi connectivity index (χ0n) is 9.32. The maximum Gasteiger partial charge on any atom is 0.573 e. The van der Waals surface area contributed by atoms with E-state index >= 15 is 0 Å². The molecule has 3 nitrogen and oxygen atoms in total. The zero-order chi connectivity index (χ0) is 13.0. The second-order valence-electron chi connectivity index (χ2n) is 3.62. The van der Waals surface area contributed by atoms with Crippen LogP contribution in [0, 0.1) is 0 Å². The predicted molar refractivity (Wildman–Crippen MR) is 60.6 cm³/mol. The Balaban J connectivity index is 1.91. The molecule has 0 saturated heterocycles. The third kappa shape index (κ3) is 3.73. The zero-order valence-corrected chi connectivity index (χ0v) is 9.32. The van der Waals surface area contributed by atoms with Crippen LogP contribution in [0.25, 0.3) is 0 Å². The lowest BCUT2D eigenvalue weighted by atomic mass is 10.2. The number of aromatic nitrogens is 1. The van der Waals surface area contributed by atoms with E-state index in [0.717, 1.165) is 5.56 Å². The number of hydrogen-bond acceptors (Lipinski definition) is 2. The summed E-state index contributed by atoms with van der Waals surface area (Å²) in [4.78, 5) is 0. The molecule has 0 aliphatic heterocycles. The van der Waals surface area contributed by atoms with Crippen LogP contribution in [0.3, 0.4) is 0 Å². The molecular formula is C12H11F3N2O. The van der Waals surface area contributed by atoms with Gasteiger partial charge in [0.05, 0.1) is 6.54 Å². The Kier molecular flexibility index (Phi) is 3.45. The second kappa shape index (κ2) is 5.03. The quantitative estimate of drug-likeness (QED) is 0.909. The van der Waals surface area contributed by atoms with Gasteiger partial charge in [-0.3, -0.25) is 4.68 Å². The van der Waals surface area contributed by atoms with Crippen LogP contribution in [0.5, 0.6) is 5.75 Å². The van der Waals surface area contributed by atoms with E-state index in [9.17, 15) is 13.2 Å². The number of benzene rings is 1. The van der Waals surface area contributed by atoms with E-state index < -0.39 is 6.36 Å². The average Bonchev–Trinajstić information content (AvgIpc) is 2.79. The van der Waals surface area contributed by atoms with E-state index in [1.165, 1.54) is 12.1 Å². The van der Waals surface area contributed by atoms with Crippen molar-refractivity contribution < 1.29 is 17.9 Å². The van der Waals surface area contributed by atoms with Gasteiger partial charge in [-0.25, -0.2) is 0 Å². The summed E-state index contributed by atoms with van der Waals surface area (Å²) in [6.07, 6.45) is -0.979. The highest BCUT2D eigenvalue weighted by Gasteiger charge is 2.30. The monoisotopic (exact) mass is 256 g/mol. The molecular weight excluding hydrogens is 245 g/mol. The molecule has 0 amide bonds. The summed E-state index contributed by atoms with van der Waals surface area (Å²) in [5, 5.41) is 0. The molecule has 0 aliphatic rings. The van der Waals surface area contributed by atoms with Gasteiger partial charge in [-0.2, -0.15) is 0 Å². The van der Waals surface area contributed by atoms with Crippen LogP contribution in [0.15, 0.2) is 48.8 Å². The third-order valence-corrected chi connectivity index (χ3v) is 2.23. The molecule has 1 aromatic carbocycles. The minimum Gasteiger partial charge on any atom is -0.406 e. The van der Waals surface area contributed by atoms with Crippen LogP contribution in [-0.4, -0.2) is 11.0 Å². The fourth-order valence-corrected chi connectivity index (χ4v) is 1.43. The van der Waals surface area contributed by atoms with Crippen molar-refractivity contribution in [3.8, 4) is 5.75 Å². The van der Waals surface area contributed by atoms with E-state index in [1.807, 2.05) is 24.5 Å². The highest BCUT2D eigenvalue weighted by Crippen LogP contribution is 2.22. The van der Waals surface area contributed by atoms with Gasteiger partial charge in [0.15, 0.2) is 0 Å². The van der Waals surface area contributed by atoms with Crippen LogP contribution >= 0.6 is 0 Å². The van der Waals surface area contributed by atoms with Crippen LogP contribution in [0.1, 0.15) is 5.56 Å². The Hall–Kier alpha value is -2.11. The lowest BCUT2D eigenvalue weighted by Gasteiger charge is -2.10. The molecule has 0 spiro atoms. The Morgan fingerprint density at radius 3 is 2.22 bits per heavy atom. The van der Waals surface area contributed by atoms with Gasteiger partial charge >= 0.3 is 6.36 Å². The van der Waals surface area contributed by atoms with Crippen LogP contribution in [0.4, 0.5) is 13.2 Å². The van der Waals surface area contributed by atoms with E-state index in [1.54, 1.807) is 16.8 Å². The standard InChI is InChI=1S/C12H11F3N2O/c13-12(14,15)18-11-5-3-10(4-6-11)9-16-17-7-1-2-8-17/h1-8,16H,9H2. The van der Waals surface area contributed by atoms with Crippen molar-refractivity contribution in [2.24, 2.45) is 0 Å². The first-order valence-electron chi connectivity index (χ1n) is 5.24. The van der Waals surface area contributed by atoms with E-state index in [0.29, 0.717) is 6.54 Å². The topological polar surface area (TPSA) is 26.2 Å². The van der Waals surface area contributed by atoms with Gasteiger partial charge in [0.25, 0.3) is 0 Å². The Labute approximate surface area is 102 Å². The third-order valence-electron chi connectivity index (χ3n) is 2.23. The first-order valence-corrected chi connectivity index (χ1v) is 5.24. The minimum absolute atomic E-state index is 0.216. The van der Waals surface area contributed by atoms with Crippen molar-refractivity contribution in [2.45, 2.75) is 12.9 Å². The Morgan fingerprint density at radius 1 is 1.06 bits per heavy atom. The van der Waals surface area contributed by atoms with Gasteiger partial charge in [-0.15, -0.1) is 13.2 Å². The minimum atomic E-state index is -4.65. The number of nitrogens with one attached hydrogen (secondary N) is 1. The lowest BCUT2D eigenvalue weighted by molar-refractivity contribution is -0.274. The Morgan fingerprint density at radius 2 is 1.67 bits per heavy atom. The Bertz CT molecular complexity index is 477. The van der Waals surface area contributed by atoms with Crippen LogP contribution < -0.4 is 10.2 Å². The molecule has 0 radical (unpaired) electrons. The molecule has 0 atom stereocenters. The fraction of sp³-hybridized carbons (Fsp3) is 0.167. The summed E-state index contributed by atoms with van der Waals surface area (Å²) in [7, 11) is 0. The SMILES string of the molecule is FC(F)(F)Oc1ccc(CNn2cccc2)cc1. The second-order valence-corrected chi connectivity index (χ2v) is 3.62. The van der Waals surface area contributed by atoms with Gasteiger partial charge in [0.2, 0.25) is 0 Å². The van der Waals surface area contributed by atoms with E-state index in [4.69, 9.17) is 0 Å². The van der Waals surface area contributed by atoms with Crippen LogP contribution in [-0.2, 0) is 6.54 Å². The molecule has 2 aromatic rings. The molecule has 6 heteroatoms. The first kappa shape index (κ1) is 12.3. The summed E-state index contributed by atoms with van der Waals surface area (Å²) >= 11 is 0. The van der Waals surface area contributed by atoms with E-state index in [-0.39, 0.29) is 5.75 Å². The largest absolute Gasteiger partial charge is 0.573 e. The van der Waals surface area contributed by atoms with Crippen molar-refractivity contribution in [1.29, 1.82) is 0 Å².